The van der Waals surface area contributed by atoms with Gasteiger partial charge in [-0.1, -0.05) is 263 Å². The van der Waals surface area contributed by atoms with E-state index >= 15 is 0 Å². The van der Waals surface area contributed by atoms with Gasteiger partial charge < -0.3 is 100 Å². The third-order valence-electron chi connectivity index (χ3n) is 19.9. The Morgan fingerprint density at radius 1 is 0.525 bits per heavy atom. The van der Waals surface area contributed by atoms with Crippen molar-refractivity contribution >= 4 is 17.8 Å². The van der Waals surface area contributed by atoms with Gasteiger partial charge in [-0.15, -0.1) is 0 Å². The highest BCUT2D eigenvalue weighted by Crippen LogP contribution is 2.39. The van der Waals surface area contributed by atoms with Crippen LogP contribution >= 0.6 is 0 Å². The molecule has 23 heteroatoms. The average molecular weight is 1420 g/mol. The summed E-state index contributed by atoms with van der Waals surface area (Å²) < 4.78 is 34.9. The van der Waals surface area contributed by atoms with Gasteiger partial charge in [0.05, 0.1) is 50.7 Å². The maximum absolute atomic E-state index is 13.5. The van der Waals surface area contributed by atoms with Crippen molar-refractivity contribution < 1.29 is 104 Å². The number of ether oxygens (including phenoxy) is 6. The van der Waals surface area contributed by atoms with E-state index in [9.17, 15) is 75.7 Å². The number of aliphatic hydroxyl groups is 11. The van der Waals surface area contributed by atoms with Crippen molar-refractivity contribution in [2.45, 2.75) is 413 Å². The second-order valence-electron chi connectivity index (χ2n) is 28.6. The highest BCUT2D eigenvalue weighted by Gasteiger charge is 2.60. The third kappa shape index (κ3) is 36.7. The minimum Gasteiger partial charge on any atom is -0.477 e. The van der Waals surface area contributed by atoms with Gasteiger partial charge in [-0.05, 0) is 44.9 Å². The molecule has 0 aromatic carbocycles. The molecule has 2 amide bonds. The lowest BCUT2D eigenvalue weighted by Gasteiger charge is -2.50. The minimum absolute atomic E-state index is 0.196. The van der Waals surface area contributed by atoms with E-state index in [1.165, 1.54) is 186 Å². The third-order valence-corrected chi connectivity index (χ3v) is 19.9. The molecule has 0 saturated carbocycles. The summed E-state index contributed by atoms with van der Waals surface area (Å²) in [6, 6.07) is -2.62. The number of nitrogens with one attached hydrogen (secondary N) is 2. The Hall–Kier alpha value is -2.79. The van der Waals surface area contributed by atoms with E-state index in [2.05, 4.69) is 36.6 Å². The first-order valence-electron chi connectivity index (χ1n) is 39.2. The SMILES string of the molecule is CCCCCCCCCCCCC/C=C\CCCCCCCCCC(=O)NC(COC1OC(CO)C(OC2OC(CO)C(O)C(OC3(C(=O)O)CC(O)C(NC(C)=O)C(C(O)C(O)CO)O3)C2O)C(O)C1O)C(O)/C=C/CCCCCCCCCCCCCCCCCCCCCCC. The number of carbonyl (C=O) groups excluding carboxylic acids is 2. The number of aliphatic hydroxyl groups excluding tert-OH is 11. The Kier molecular flexibility index (Phi) is 50.8. The predicted molar refractivity (Wildman–Crippen MR) is 380 cm³/mol. The molecule has 0 radical (unpaired) electrons. The van der Waals surface area contributed by atoms with Crippen LogP contribution in [0.3, 0.4) is 0 Å². The Bertz CT molecular complexity index is 2080. The number of carboxylic acids is 1. The molecular weight excluding hydrogens is 1280 g/mol. The van der Waals surface area contributed by atoms with E-state index in [1.807, 2.05) is 6.08 Å². The maximum Gasteiger partial charge on any atom is 0.364 e. The summed E-state index contributed by atoms with van der Waals surface area (Å²) in [5, 5.41) is 136. The fourth-order valence-electron chi connectivity index (χ4n) is 13.6. The maximum atomic E-state index is 13.5. The van der Waals surface area contributed by atoms with Crippen molar-refractivity contribution in [2.75, 3.05) is 26.4 Å². The number of rotatable bonds is 61. The number of unbranched alkanes of at least 4 members (excludes halogenated alkanes) is 39. The molecule has 3 heterocycles. The van der Waals surface area contributed by atoms with Gasteiger partial charge in [-0.2, -0.15) is 0 Å². The van der Waals surface area contributed by atoms with Gasteiger partial charge in [-0.25, -0.2) is 4.79 Å². The van der Waals surface area contributed by atoms with Crippen molar-refractivity contribution in [3.05, 3.63) is 24.3 Å². The van der Waals surface area contributed by atoms with E-state index in [0.29, 0.717) is 12.8 Å². The van der Waals surface area contributed by atoms with E-state index in [0.717, 1.165) is 77.6 Å². The summed E-state index contributed by atoms with van der Waals surface area (Å²) in [5.74, 6) is -6.14. The van der Waals surface area contributed by atoms with Crippen molar-refractivity contribution in [1.82, 2.24) is 10.6 Å². The molecule has 580 valence electrons. The van der Waals surface area contributed by atoms with Crippen LogP contribution in [0.4, 0.5) is 0 Å². The number of hydrogen-bond acceptors (Lipinski definition) is 20. The predicted octanol–water partition coefficient (Wildman–Crippen LogP) is 9.57. The topological polar surface area (TPSA) is 373 Å². The molecule has 0 aromatic heterocycles. The molecule has 3 aliphatic rings. The molecule has 3 rings (SSSR count). The van der Waals surface area contributed by atoms with E-state index < -0.39 is 155 Å². The summed E-state index contributed by atoms with van der Waals surface area (Å²) in [6.07, 6.45) is 30.7. The van der Waals surface area contributed by atoms with Gasteiger partial charge in [0.25, 0.3) is 5.79 Å². The van der Waals surface area contributed by atoms with Crippen LogP contribution in [0.25, 0.3) is 0 Å². The van der Waals surface area contributed by atoms with Crippen LogP contribution in [0, 0.1) is 0 Å². The summed E-state index contributed by atoms with van der Waals surface area (Å²) in [7, 11) is 0. The summed E-state index contributed by atoms with van der Waals surface area (Å²) in [4.78, 5) is 38.7. The lowest BCUT2D eigenvalue weighted by Crippen LogP contribution is -2.70. The quantitative estimate of drug-likeness (QED) is 0.0199. The van der Waals surface area contributed by atoms with E-state index in [1.54, 1.807) is 6.08 Å². The van der Waals surface area contributed by atoms with E-state index in [4.69, 9.17) is 28.4 Å². The molecule has 0 bridgehead atoms. The molecule has 3 fully saturated rings. The number of amides is 2. The van der Waals surface area contributed by atoms with Gasteiger partial charge in [-0.3, -0.25) is 9.59 Å². The first-order valence-corrected chi connectivity index (χ1v) is 39.2. The Morgan fingerprint density at radius 2 is 0.949 bits per heavy atom. The molecule has 0 aromatic rings. The number of hydrogen-bond donors (Lipinski definition) is 14. The number of allylic oxidation sites excluding steroid dienone is 3. The molecule has 0 spiro atoms. The normalized spacial score (nSPS) is 27.2. The molecular formula is C76H140N2O21. The second kappa shape index (κ2) is 55.7. The average Bonchev–Trinajstić information content (AvgIpc) is 0.757. The highest BCUT2D eigenvalue weighted by atomic mass is 16.8. The van der Waals surface area contributed by atoms with Crippen LogP contribution in [0.5, 0.6) is 0 Å². The van der Waals surface area contributed by atoms with Gasteiger partial charge in [0.2, 0.25) is 11.8 Å². The van der Waals surface area contributed by atoms with Gasteiger partial charge in [0.15, 0.2) is 12.6 Å². The van der Waals surface area contributed by atoms with Crippen LogP contribution in [0.15, 0.2) is 24.3 Å². The Labute approximate surface area is 594 Å². The van der Waals surface area contributed by atoms with Gasteiger partial charge in [0, 0.05) is 19.8 Å². The Balaban J connectivity index is 1.55. The minimum atomic E-state index is -3.08. The Morgan fingerprint density at radius 3 is 1.37 bits per heavy atom. The summed E-state index contributed by atoms with van der Waals surface area (Å²) in [6.45, 7) is 2.18. The zero-order valence-corrected chi connectivity index (χ0v) is 61.1. The standard InChI is InChI=1S/C76H140N2O21/c1-4-6-8-10-12-14-16-18-20-22-24-26-28-29-31-33-35-37-39-41-43-45-47-49-58(83)57(78-63(86)50-48-46-44-42-40-38-36-34-32-30-27-25-23-21-19-17-15-13-11-9-7-5-2)55-94-73-68(90)67(89)70(62(54-81)96-73)97-74-69(91)72(66(88)61(53-80)95-74)99-76(75(92)93)51-59(84)64(77-56(3)82)71(98-76)65(87)60(85)52-79/h30,32,47,49,57-62,64-74,79-81,83-85,87-91H,4-29,31,33-46,48,50-55H2,1-3H3,(H,77,82)(H,78,86)(H,92,93)/b32-30-,49-47+. The van der Waals surface area contributed by atoms with Crippen molar-refractivity contribution in [3.63, 3.8) is 0 Å². The summed E-state index contributed by atoms with van der Waals surface area (Å²) in [5.41, 5.74) is 0. The van der Waals surface area contributed by atoms with E-state index in [-0.39, 0.29) is 12.3 Å². The largest absolute Gasteiger partial charge is 0.477 e. The summed E-state index contributed by atoms with van der Waals surface area (Å²) >= 11 is 0. The molecule has 14 N–H and O–H groups in total. The molecule has 99 heavy (non-hydrogen) atoms. The number of carboxylic acid groups (broad SMARTS) is 1. The van der Waals surface area contributed by atoms with Gasteiger partial charge >= 0.3 is 5.97 Å². The lowest BCUT2D eigenvalue weighted by atomic mass is 9.88. The highest BCUT2D eigenvalue weighted by molar-refractivity contribution is 5.77. The zero-order chi connectivity index (χ0) is 72.5. The molecule has 0 aliphatic carbocycles. The van der Waals surface area contributed by atoms with Crippen molar-refractivity contribution in [2.24, 2.45) is 0 Å². The van der Waals surface area contributed by atoms with Crippen LogP contribution in [0.2, 0.25) is 0 Å². The fraction of sp³-hybridized carbons (Fsp3) is 0.908. The monoisotopic (exact) mass is 1420 g/mol. The lowest BCUT2D eigenvalue weighted by molar-refractivity contribution is -0.386. The first-order chi connectivity index (χ1) is 47.9. The van der Waals surface area contributed by atoms with Crippen molar-refractivity contribution in [1.29, 1.82) is 0 Å². The fourth-order valence-corrected chi connectivity index (χ4v) is 13.6. The molecule has 3 aliphatic heterocycles. The number of carbonyl (C=O) groups is 3. The molecule has 18 atom stereocenters. The molecule has 23 nitrogen and oxygen atoms in total. The zero-order valence-electron chi connectivity index (χ0n) is 61.1. The second-order valence-corrected chi connectivity index (χ2v) is 28.6. The number of aliphatic carboxylic acids is 1. The smallest absolute Gasteiger partial charge is 0.364 e. The molecule has 18 unspecified atom stereocenters. The van der Waals surface area contributed by atoms with Crippen LogP contribution < -0.4 is 10.6 Å². The van der Waals surface area contributed by atoms with Crippen LogP contribution in [-0.2, 0) is 42.8 Å². The van der Waals surface area contributed by atoms with Crippen molar-refractivity contribution in [3.8, 4) is 0 Å². The van der Waals surface area contributed by atoms with Gasteiger partial charge in [0.1, 0.15) is 67.1 Å². The van der Waals surface area contributed by atoms with Crippen LogP contribution in [0.1, 0.15) is 303 Å². The van der Waals surface area contributed by atoms with Crippen LogP contribution in [-0.4, -0.2) is 215 Å². The first kappa shape index (κ1) is 90.4. The molecule has 3 saturated heterocycles.